The number of nitrogens with zero attached hydrogens (tertiary/aromatic N) is 1. The number of aryl methyl sites for hydroxylation is 1. The van der Waals surface area contributed by atoms with Gasteiger partial charge in [-0.15, -0.1) is 0 Å². The van der Waals surface area contributed by atoms with Crippen LogP contribution in [-0.4, -0.2) is 0 Å². The van der Waals surface area contributed by atoms with E-state index in [-0.39, 0.29) is 5.41 Å². The van der Waals surface area contributed by atoms with Crippen LogP contribution in [0.4, 0.5) is 0 Å². The molecule has 0 N–H and O–H groups in total. The second-order valence-electron chi connectivity index (χ2n) is 6.53. The maximum Gasteiger partial charge on any atom is 0.123 e. The first-order valence-corrected chi connectivity index (χ1v) is 7.69. The summed E-state index contributed by atoms with van der Waals surface area (Å²) < 4.78 is 6.04. The summed E-state index contributed by atoms with van der Waals surface area (Å²) in [5.74, 6) is 0.939. The number of ether oxygens (including phenoxy) is 1. The van der Waals surface area contributed by atoms with Crippen molar-refractivity contribution in [3.63, 3.8) is 0 Å². The van der Waals surface area contributed by atoms with Gasteiger partial charge < -0.3 is 4.74 Å². The van der Waals surface area contributed by atoms with E-state index < -0.39 is 0 Å². The van der Waals surface area contributed by atoms with Crippen LogP contribution in [0.15, 0.2) is 42.5 Å². The van der Waals surface area contributed by atoms with Crippen LogP contribution < -0.4 is 4.74 Å². The van der Waals surface area contributed by atoms with Crippen molar-refractivity contribution in [3.8, 4) is 11.8 Å². The summed E-state index contributed by atoms with van der Waals surface area (Å²) in [5, 5.41) is 8.83. The maximum absolute atomic E-state index is 8.83. The van der Waals surface area contributed by atoms with Crippen LogP contribution in [0, 0.1) is 11.3 Å². The molecule has 0 aromatic heterocycles. The van der Waals surface area contributed by atoms with Gasteiger partial charge >= 0.3 is 0 Å². The summed E-state index contributed by atoms with van der Waals surface area (Å²) in [5.41, 5.74) is 4.35. The Morgan fingerprint density at radius 1 is 1.00 bits per heavy atom. The lowest BCUT2D eigenvalue weighted by atomic mass is 9.85. The van der Waals surface area contributed by atoms with Gasteiger partial charge in [-0.3, -0.25) is 0 Å². The van der Waals surface area contributed by atoms with E-state index in [1.807, 2.05) is 24.3 Å². The Hall–Kier alpha value is -2.27. The molecule has 0 heterocycles. The van der Waals surface area contributed by atoms with E-state index >= 15 is 0 Å². The SMILES string of the molecule is CCc1ccc(OCc2ccc(C#N)cc2)c(C(C)(C)C)c1. The minimum atomic E-state index is 0.0468. The number of benzene rings is 2. The third-order valence-corrected chi connectivity index (χ3v) is 3.74. The summed E-state index contributed by atoms with van der Waals surface area (Å²) in [4.78, 5) is 0. The summed E-state index contributed by atoms with van der Waals surface area (Å²) in [7, 11) is 0. The van der Waals surface area contributed by atoms with E-state index in [0.717, 1.165) is 17.7 Å². The molecule has 0 spiro atoms. The molecule has 2 nitrogen and oxygen atoms in total. The highest BCUT2D eigenvalue weighted by Gasteiger charge is 2.19. The van der Waals surface area contributed by atoms with Gasteiger partial charge in [-0.05, 0) is 46.7 Å². The molecule has 0 fully saturated rings. The standard InChI is InChI=1S/C20H23NO/c1-5-15-10-11-19(18(12-15)20(2,3)4)22-14-17-8-6-16(13-21)7-9-17/h6-12H,5,14H2,1-4H3. The molecule has 2 rings (SSSR count). The van der Waals surface area contributed by atoms with Crippen LogP contribution in [0.5, 0.6) is 5.75 Å². The van der Waals surface area contributed by atoms with E-state index in [2.05, 4.69) is 52.0 Å². The number of rotatable bonds is 4. The van der Waals surface area contributed by atoms with Crippen molar-refractivity contribution in [2.24, 2.45) is 0 Å². The molecule has 0 unspecified atom stereocenters. The average Bonchev–Trinajstić information content (AvgIpc) is 2.52. The molecule has 0 saturated carbocycles. The van der Waals surface area contributed by atoms with Crippen LogP contribution in [-0.2, 0) is 18.4 Å². The van der Waals surface area contributed by atoms with E-state index in [1.165, 1.54) is 11.1 Å². The Labute approximate surface area is 133 Å². The molecule has 0 aliphatic rings. The van der Waals surface area contributed by atoms with Crippen LogP contribution in [0.1, 0.15) is 49.9 Å². The zero-order valence-corrected chi connectivity index (χ0v) is 13.8. The lowest BCUT2D eigenvalue weighted by molar-refractivity contribution is 0.297. The van der Waals surface area contributed by atoms with Crippen LogP contribution in [0.3, 0.4) is 0 Å². The second kappa shape index (κ2) is 6.66. The highest BCUT2D eigenvalue weighted by Crippen LogP contribution is 2.32. The van der Waals surface area contributed by atoms with Crippen molar-refractivity contribution in [2.75, 3.05) is 0 Å². The Kier molecular flexibility index (Phi) is 4.88. The van der Waals surface area contributed by atoms with E-state index in [0.29, 0.717) is 12.2 Å². The lowest BCUT2D eigenvalue weighted by Gasteiger charge is -2.23. The number of hydrogen-bond acceptors (Lipinski definition) is 2. The minimum Gasteiger partial charge on any atom is -0.489 e. The van der Waals surface area contributed by atoms with Gasteiger partial charge in [0.25, 0.3) is 0 Å². The third kappa shape index (κ3) is 3.89. The van der Waals surface area contributed by atoms with Crippen molar-refractivity contribution in [1.82, 2.24) is 0 Å². The zero-order chi connectivity index (χ0) is 16.2. The summed E-state index contributed by atoms with van der Waals surface area (Å²) in [6.07, 6.45) is 1.03. The minimum absolute atomic E-state index is 0.0468. The van der Waals surface area contributed by atoms with E-state index in [4.69, 9.17) is 10.00 Å². The molecule has 0 aliphatic carbocycles. The van der Waals surface area contributed by atoms with Gasteiger partial charge in [0.15, 0.2) is 0 Å². The average molecular weight is 293 g/mol. The monoisotopic (exact) mass is 293 g/mol. The molecule has 114 valence electrons. The number of nitriles is 1. The first kappa shape index (κ1) is 16.1. The molecule has 0 bridgehead atoms. The summed E-state index contributed by atoms with van der Waals surface area (Å²) in [6.45, 7) is 9.29. The van der Waals surface area contributed by atoms with Crippen molar-refractivity contribution < 1.29 is 4.74 Å². The number of hydrogen-bond donors (Lipinski definition) is 0. The van der Waals surface area contributed by atoms with Gasteiger partial charge in [0.1, 0.15) is 12.4 Å². The van der Waals surface area contributed by atoms with Gasteiger partial charge in [-0.1, -0.05) is 52.0 Å². The Bertz CT molecular complexity index is 672. The highest BCUT2D eigenvalue weighted by atomic mass is 16.5. The molecular formula is C20H23NO. The normalized spacial score (nSPS) is 11.0. The predicted octanol–water partition coefficient (Wildman–Crippen LogP) is 5.00. The van der Waals surface area contributed by atoms with Crippen LogP contribution >= 0.6 is 0 Å². The fraction of sp³-hybridized carbons (Fsp3) is 0.350. The topological polar surface area (TPSA) is 33.0 Å². The van der Waals surface area contributed by atoms with Crippen molar-refractivity contribution >= 4 is 0 Å². The fourth-order valence-corrected chi connectivity index (χ4v) is 2.35. The van der Waals surface area contributed by atoms with Gasteiger partial charge in [0.05, 0.1) is 11.6 Å². The molecule has 0 aliphatic heterocycles. The van der Waals surface area contributed by atoms with Crippen LogP contribution in [0.2, 0.25) is 0 Å². The van der Waals surface area contributed by atoms with Gasteiger partial charge in [0.2, 0.25) is 0 Å². The molecule has 0 radical (unpaired) electrons. The van der Waals surface area contributed by atoms with E-state index in [9.17, 15) is 0 Å². The van der Waals surface area contributed by atoms with Crippen molar-refractivity contribution in [3.05, 3.63) is 64.7 Å². The maximum atomic E-state index is 8.83. The third-order valence-electron chi connectivity index (χ3n) is 3.74. The summed E-state index contributed by atoms with van der Waals surface area (Å²) in [6, 6.07) is 16.1. The van der Waals surface area contributed by atoms with Gasteiger partial charge in [-0.25, -0.2) is 0 Å². The Morgan fingerprint density at radius 2 is 1.64 bits per heavy atom. The Morgan fingerprint density at radius 3 is 2.18 bits per heavy atom. The molecule has 0 atom stereocenters. The second-order valence-corrected chi connectivity index (χ2v) is 6.53. The van der Waals surface area contributed by atoms with Gasteiger partial charge in [0, 0.05) is 0 Å². The first-order valence-electron chi connectivity index (χ1n) is 7.69. The molecule has 0 saturated heterocycles. The smallest absolute Gasteiger partial charge is 0.123 e. The first-order chi connectivity index (χ1) is 10.4. The Balaban J connectivity index is 2.20. The lowest BCUT2D eigenvalue weighted by Crippen LogP contribution is -2.14. The molecule has 2 heteroatoms. The fourth-order valence-electron chi connectivity index (χ4n) is 2.35. The predicted molar refractivity (Wildman–Crippen MR) is 90.0 cm³/mol. The van der Waals surface area contributed by atoms with E-state index in [1.54, 1.807) is 0 Å². The molecular weight excluding hydrogens is 270 g/mol. The quantitative estimate of drug-likeness (QED) is 0.795. The van der Waals surface area contributed by atoms with Gasteiger partial charge in [-0.2, -0.15) is 5.26 Å². The van der Waals surface area contributed by atoms with Crippen molar-refractivity contribution in [2.45, 2.75) is 46.1 Å². The molecule has 22 heavy (non-hydrogen) atoms. The largest absolute Gasteiger partial charge is 0.489 e. The molecule has 0 amide bonds. The van der Waals surface area contributed by atoms with Crippen LogP contribution in [0.25, 0.3) is 0 Å². The molecule has 2 aromatic rings. The zero-order valence-electron chi connectivity index (χ0n) is 13.8. The molecule has 2 aromatic carbocycles. The highest BCUT2D eigenvalue weighted by molar-refractivity contribution is 5.42. The summed E-state index contributed by atoms with van der Waals surface area (Å²) >= 11 is 0. The van der Waals surface area contributed by atoms with Crippen molar-refractivity contribution in [1.29, 1.82) is 5.26 Å².